The van der Waals surface area contributed by atoms with Crippen molar-refractivity contribution in [3.05, 3.63) is 181 Å². The summed E-state index contributed by atoms with van der Waals surface area (Å²) >= 11 is 0. The second kappa shape index (κ2) is 11.5. The van der Waals surface area contributed by atoms with Crippen LogP contribution in [0.5, 0.6) is 0 Å². The van der Waals surface area contributed by atoms with Crippen LogP contribution in [0.1, 0.15) is 25.0 Å². The van der Waals surface area contributed by atoms with Gasteiger partial charge in [0.05, 0.1) is 5.69 Å². The van der Waals surface area contributed by atoms with Gasteiger partial charge >= 0.3 is 0 Å². The number of oxazole rings is 1. The molecule has 0 unspecified atom stereocenters. The SMILES string of the molecule is CC1(C)c2ccccc2-c2ccc(N(c3ccc4ccc(-c5ccccc5)cc4c3)c3cccc4c3oc3cccc(-c5nc6ccccc6o5)c34)cc21. The van der Waals surface area contributed by atoms with Crippen molar-refractivity contribution < 1.29 is 8.83 Å². The Bertz CT molecular complexity index is 3060. The lowest BCUT2D eigenvalue weighted by atomic mass is 9.82. The van der Waals surface area contributed by atoms with Crippen molar-refractivity contribution in [3.63, 3.8) is 0 Å². The van der Waals surface area contributed by atoms with Crippen molar-refractivity contribution in [3.8, 4) is 33.7 Å². The summed E-state index contributed by atoms with van der Waals surface area (Å²) in [4.78, 5) is 7.23. The van der Waals surface area contributed by atoms with Gasteiger partial charge in [-0.15, -0.1) is 0 Å². The van der Waals surface area contributed by atoms with Gasteiger partial charge in [0.2, 0.25) is 5.89 Å². The summed E-state index contributed by atoms with van der Waals surface area (Å²) in [7, 11) is 0. The van der Waals surface area contributed by atoms with E-state index in [2.05, 4.69) is 152 Å². The second-order valence-corrected chi connectivity index (χ2v) is 14.8. The minimum atomic E-state index is -0.151. The summed E-state index contributed by atoms with van der Waals surface area (Å²) in [5.74, 6) is 0.580. The number of rotatable bonds is 5. The minimum absolute atomic E-state index is 0.151. The fourth-order valence-corrected chi connectivity index (χ4v) is 8.62. The van der Waals surface area contributed by atoms with Gasteiger partial charge in [-0.1, -0.05) is 123 Å². The number of aromatic nitrogens is 1. The van der Waals surface area contributed by atoms with E-state index in [1.807, 2.05) is 36.4 Å². The zero-order valence-electron chi connectivity index (χ0n) is 29.9. The molecular weight excluding hydrogens is 661 g/mol. The summed E-state index contributed by atoms with van der Waals surface area (Å²) in [6.07, 6.45) is 0. The minimum Gasteiger partial charge on any atom is -0.454 e. The number of benzene rings is 8. The maximum atomic E-state index is 6.88. The molecule has 4 nitrogen and oxygen atoms in total. The molecule has 0 atom stereocenters. The van der Waals surface area contributed by atoms with Gasteiger partial charge < -0.3 is 13.7 Å². The molecule has 2 heterocycles. The van der Waals surface area contributed by atoms with Crippen LogP contribution in [-0.2, 0) is 5.41 Å². The van der Waals surface area contributed by atoms with E-state index in [1.165, 1.54) is 44.2 Å². The lowest BCUT2D eigenvalue weighted by Crippen LogP contribution is -2.16. The maximum Gasteiger partial charge on any atom is 0.228 e. The van der Waals surface area contributed by atoms with Crippen molar-refractivity contribution in [1.82, 2.24) is 4.98 Å². The first-order valence-electron chi connectivity index (χ1n) is 18.5. The van der Waals surface area contributed by atoms with E-state index in [0.717, 1.165) is 55.7 Å². The van der Waals surface area contributed by atoms with Crippen LogP contribution >= 0.6 is 0 Å². The third-order valence-corrected chi connectivity index (χ3v) is 11.3. The monoisotopic (exact) mass is 694 g/mol. The molecule has 4 heteroatoms. The number of hydrogen-bond donors (Lipinski definition) is 0. The molecule has 8 aromatic carbocycles. The van der Waals surface area contributed by atoms with Gasteiger partial charge in [-0.3, -0.25) is 0 Å². The normalized spacial score (nSPS) is 13.1. The summed E-state index contributed by atoms with van der Waals surface area (Å²) in [6, 6.07) is 60.2. The third-order valence-electron chi connectivity index (χ3n) is 11.3. The van der Waals surface area contributed by atoms with Crippen LogP contribution in [-0.4, -0.2) is 4.98 Å². The van der Waals surface area contributed by atoms with Crippen LogP contribution in [0.2, 0.25) is 0 Å². The molecule has 54 heavy (non-hydrogen) atoms. The highest BCUT2D eigenvalue weighted by molar-refractivity contribution is 6.15. The Hall–Kier alpha value is -6.91. The molecule has 2 aromatic heterocycles. The maximum absolute atomic E-state index is 6.88. The van der Waals surface area contributed by atoms with Crippen LogP contribution in [0.4, 0.5) is 17.1 Å². The van der Waals surface area contributed by atoms with E-state index >= 15 is 0 Å². The second-order valence-electron chi connectivity index (χ2n) is 14.8. The summed E-state index contributed by atoms with van der Waals surface area (Å²) < 4.78 is 13.2. The van der Waals surface area contributed by atoms with Gasteiger partial charge in [0, 0.05) is 33.1 Å². The fraction of sp³-hybridized carbons (Fsp3) is 0.0600. The molecule has 0 saturated heterocycles. The molecule has 0 amide bonds. The first kappa shape index (κ1) is 30.7. The van der Waals surface area contributed by atoms with Crippen LogP contribution < -0.4 is 4.90 Å². The van der Waals surface area contributed by atoms with E-state index in [-0.39, 0.29) is 5.41 Å². The predicted octanol–water partition coefficient (Wildman–Crippen LogP) is 14.0. The number of furan rings is 1. The molecular formula is C50H34N2O2. The first-order valence-corrected chi connectivity index (χ1v) is 18.5. The molecule has 0 saturated carbocycles. The van der Waals surface area contributed by atoms with E-state index in [1.54, 1.807) is 0 Å². The average molecular weight is 695 g/mol. The van der Waals surface area contributed by atoms with Gasteiger partial charge in [-0.05, 0) is 105 Å². The summed E-state index contributed by atoms with van der Waals surface area (Å²) in [6.45, 7) is 4.67. The number of hydrogen-bond acceptors (Lipinski definition) is 4. The Morgan fingerprint density at radius 3 is 2.13 bits per heavy atom. The zero-order chi connectivity index (χ0) is 36.0. The smallest absolute Gasteiger partial charge is 0.228 e. The van der Waals surface area contributed by atoms with Crippen molar-refractivity contribution in [2.75, 3.05) is 4.90 Å². The van der Waals surface area contributed by atoms with Gasteiger partial charge in [0.25, 0.3) is 0 Å². The van der Waals surface area contributed by atoms with Gasteiger partial charge in [0.1, 0.15) is 11.1 Å². The Labute approximate surface area is 312 Å². The number of anilines is 3. The Kier molecular flexibility index (Phi) is 6.56. The number of nitrogens with zero attached hydrogens (tertiary/aromatic N) is 2. The molecule has 1 aliphatic rings. The molecule has 11 rings (SSSR count). The van der Waals surface area contributed by atoms with Crippen LogP contribution in [0.25, 0.3) is 77.5 Å². The van der Waals surface area contributed by atoms with Crippen LogP contribution in [0.3, 0.4) is 0 Å². The Morgan fingerprint density at radius 2 is 1.22 bits per heavy atom. The lowest BCUT2D eigenvalue weighted by molar-refractivity contribution is 0.620. The van der Waals surface area contributed by atoms with E-state index in [4.69, 9.17) is 13.8 Å². The quantitative estimate of drug-likeness (QED) is 0.180. The van der Waals surface area contributed by atoms with E-state index in [9.17, 15) is 0 Å². The summed E-state index contributed by atoms with van der Waals surface area (Å²) in [5.41, 5.74) is 14.7. The molecule has 0 N–H and O–H groups in total. The summed E-state index contributed by atoms with van der Waals surface area (Å²) in [5, 5.41) is 4.35. The molecule has 0 aliphatic heterocycles. The van der Waals surface area contributed by atoms with Crippen LogP contribution in [0.15, 0.2) is 179 Å². The molecule has 10 aromatic rings. The zero-order valence-corrected chi connectivity index (χ0v) is 29.9. The van der Waals surface area contributed by atoms with Crippen molar-refractivity contribution >= 4 is 60.9 Å². The molecule has 0 bridgehead atoms. The van der Waals surface area contributed by atoms with Crippen molar-refractivity contribution in [2.24, 2.45) is 0 Å². The standard InChI is InChI=1S/C50H34N2O2/c1-50(2)41-17-7-6-14-37(41)38-27-26-36(30-42(38)50)52(35-25-24-32-22-23-33(28-34(32)29-35)31-12-4-3-5-13-31)44-19-10-15-39-47-40(16-11-21-46(47)53-48(39)44)49-51-43-18-8-9-20-45(43)54-49/h3-30H,1-2H3. The lowest BCUT2D eigenvalue weighted by Gasteiger charge is -2.28. The average Bonchev–Trinajstić information content (AvgIpc) is 3.89. The highest BCUT2D eigenvalue weighted by Gasteiger charge is 2.36. The number of fused-ring (bicyclic) bond motifs is 8. The number of para-hydroxylation sites is 3. The van der Waals surface area contributed by atoms with E-state index < -0.39 is 0 Å². The third kappa shape index (κ3) is 4.60. The topological polar surface area (TPSA) is 42.4 Å². The molecule has 0 radical (unpaired) electrons. The van der Waals surface area contributed by atoms with Crippen LogP contribution in [0, 0.1) is 0 Å². The fourth-order valence-electron chi connectivity index (χ4n) is 8.62. The van der Waals surface area contributed by atoms with Gasteiger partial charge in [0.15, 0.2) is 11.2 Å². The Morgan fingerprint density at radius 1 is 0.500 bits per heavy atom. The largest absolute Gasteiger partial charge is 0.454 e. The molecule has 1 aliphatic carbocycles. The molecule has 256 valence electrons. The molecule has 0 spiro atoms. The van der Waals surface area contributed by atoms with Gasteiger partial charge in [-0.25, -0.2) is 4.98 Å². The van der Waals surface area contributed by atoms with Crippen molar-refractivity contribution in [1.29, 1.82) is 0 Å². The van der Waals surface area contributed by atoms with E-state index in [0.29, 0.717) is 5.89 Å². The molecule has 0 fully saturated rings. The van der Waals surface area contributed by atoms with Crippen molar-refractivity contribution in [2.45, 2.75) is 19.3 Å². The van der Waals surface area contributed by atoms with Gasteiger partial charge in [-0.2, -0.15) is 0 Å². The first-order chi connectivity index (χ1) is 26.5. The Balaban J connectivity index is 1.15. The highest BCUT2D eigenvalue weighted by atomic mass is 16.3. The highest BCUT2D eigenvalue weighted by Crippen LogP contribution is 2.52. The predicted molar refractivity (Wildman–Crippen MR) is 222 cm³/mol.